The minimum atomic E-state index is -1.10. The van der Waals surface area contributed by atoms with Crippen LogP contribution in [0, 0.1) is 16.7 Å². The van der Waals surface area contributed by atoms with Gasteiger partial charge in [0.15, 0.2) is 21.3 Å². The zero-order valence-corrected chi connectivity index (χ0v) is 17.8. The number of nitrogens with zero attached hydrogens (tertiary/aromatic N) is 3. The van der Waals surface area contributed by atoms with Crippen molar-refractivity contribution in [1.29, 1.82) is 5.26 Å². The average Bonchev–Trinajstić information content (AvgIpc) is 3.23. The number of allylic oxidation sites excluding steroid dienone is 1. The highest BCUT2D eigenvalue weighted by Gasteiger charge is 2.74. The Hall–Kier alpha value is -2.05. The lowest BCUT2D eigenvalue weighted by molar-refractivity contribution is -0.163. The minimum Gasteiger partial charge on any atom is -0.454 e. The molecule has 0 aromatic carbocycles. The zero-order chi connectivity index (χ0) is 20.5. The number of amides is 2. The number of nitriles is 1. The van der Waals surface area contributed by atoms with E-state index in [0.29, 0.717) is 17.1 Å². The van der Waals surface area contributed by atoms with E-state index in [1.165, 1.54) is 26.5 Å². The van der Waals surface area contributed by atoms with E-state index in [4.69, 9.17) is 9.47 Å². The van der Waals surface area contributed by atoms with Crippen molar-refractivity contribution < 1.29 is 19.1 Å². The molecule has 5 aliphatic heterocycles. The van der Waals surface area contributed by atoms with Crippen molar-refractivity contribution >= 4 is 33.4 Å². The van der Waals surface area contributed by atoms with Crippen molar-refractivity contribution in [3.8, 4) is 6.07 Å². The third kappa shape index (κ3) is 2.19. The Balaban J connectivity index is 1.82. The summed E-state index contributed by atoms with van der Waals surface area (Å²) in [5.41, 5.74) is -0.412. The number of hydrogen-bond acceptors (Lipinski definition) is 7. The van der Waals surface area contributed by atoms with Crippen LogP contribution in [0.3, 0.4) is 0 Å². The molecule has 4 atom stereocenters. The van der Waals surface area contributed by atoms with Crippen molar-refractivity contribution in [3.05, 3.63) is 35.8 Å². The van der Waals surface area contributed by atoms with E-state index < -0.39 is 21.2 Å². The van der Waals surface area contributed by atoms with Crippen molar-refractivity contribution in [3.63, 3.8) is 0 Å². The Morgan fingerprint density at radius 2 is 1.96 bits per heavy atom. The van der Waals surface area contributed by atoms with Gasteiger partial charge in [-0.25, -0.2) is 0 Å². The maximum Gasteiger partial charge on any atom is 0.261 e. The maximum absolute atomic E-state index is 13.5. The summed E-state index contributed by atoms with van der Waals surface area (Å²) in [5.74, 6) is 0.792. The average molecular weight is 420 g/mol. The largest absolute Gasteiger partial charge is 0.454 e. The van der Waals surface area contributed by atoms with E-state index in [9.17, 15) is 14.9 Å². The number of rotatable bonds is 2. The van der Waals surface area contributed by atoms with Crippen LogP contribution < -0.4 is 0 Å². The smallest absolute Gasteiger partial charge is 0.261 e. The molecule has 0 N–H and O–H groups in total. The van der Waals surface area contributed by atoms with E-state index in [1.807, 2.05) is 6.92 Å². The quantitative estimate of drug-likeness (QED) is 0.637. The highest BCUT2D eigenvalue weighted by atomic mass is 33.1. The molecular weight excluding hydrogens is 398 g/mol. The van der Waals surface area contributed by atoms with Gasteiger partial charge in [0.05, 0.1) is 17.5 Å². The molecule has 5 fully saturated rings. The van der Waals surface area contributed by atoms with Crippen molar-refractivity contribution in [1.82, 2.24) is 9.80 Å². The zero-order valence-electron chi connectivity index (χ0n) is 16.1. The summed E-state index contributed by atoms with van der Waals surface area (Å²) in [4.78, 5) is 27.7. The van der Waals surface area contributed by atoms with Crippen LogP contribution >= 0.6 is 21.6 Å². The fraction of sp³-hybridized carbons (Fsp3) is 0.526. The highest BCUT2D eigenvalue weighted by Crippen LogP contribution is 2.67. The summed E-state index contributed by atoms with van der Waals surface area (Å²) in [6.07, 6.45) is 3.75. The first-order valence-corrected chi connectivity index (χ1v) is 11.0. The van der Waals surface area contributed by atoms with Gasteiger partial charge in [0.2, 0.25) is 6.79 Å². The molecule has 5 heterocycles. The number of carbonyl (C=O) groups is 2. The van der Waals surface area contributed by atoms with Gasteiger partial charge >= 0.3 is 0 Å². The standard InChI is InChI=1S/C19H21N3O4S2/c1-6-12-13(26-10-25-12)7-11(2)14-17(3,9-20)8-19-16(24)21(5)18(4,27-28-19)15(23)22(14)19/h6-7,14H,2,8,10H2,1,3-5H3/b12-6+,13-7+/t14-,17+,18-,19-/m0/s1. The molecule has 1 spiro atoms. The third-order valence-electron chi connectivity index (χ3n) is 5.95. The molecule has 5 aliphatic rings. The molecular formula is C19H21N3O4S2. The van der Waals surface area contributed by atoms with Gasteiger partial charge in [0.25, 0.3) is 11.8 Å². The summed E-state index contributed by atoms with van der Waals surface area (Å²) in [6, 6.07) is 1.73. The second kappa shape index (κ2) is 5.97. The second-order valence-electron chi connectivity index (χ2n) is 7.72. The number of fused-ring (bicyclic) bond motifs is 2. The normalized spacial score (nSPS) is 41.9. The van der Waals surface area contributed by atoms with E-state index >= 15 is 0 Å². The van der Waals surface area contributed by atoms with E-state index in [1.54, 1.807) is 37.9 Å². The Morgan fingerprint density at radius 1 is 1.29 bits per heavy atom. The van der Waals surface area contributed by atoms with Gasteiger partial charge in [-0.1, -0.05) is 28.2 Å². The summed E-state index contributed by atoms with van der Waals surface area (Å²) in [7, 11) is 4.42. The Kier molecular flexibility index (Phi) is 4.11. The Labute approximate surface area is 171 Å². The first-order valence-electron chi connectivity index (χ1n) is 8.87. The molecule has 5 rings (SSSR count). The fourth-order valence-electron chi connectivity index (χ4n) is 4.36. The molecule has 2 amide bonds. The minimum absolute atomic E-state index is 0.111. The monoisotopic (exact) mass is 419 g/mol. The van der Waals surface area contributed by atoms with Crippen LogP contribution in [0.2, 0.25) is 0 Å². The fourth-order valence-corrected chi connectivity index (χ4v) is 7.94. The van der Waals surface area contributed by atoms with Gasteiger partial charge in [0, 0.05) is 13.5 Å². The molecule has 5 saturated heterocycles. The molecule has 2 bridgehead atoms. The van der Waals surface area contributed by atoms with Crippen LogP contribution in [0.4, 0.5) is 0 Å². The number of carbonyl (C=O) groups excluding carboxylic acids is 2. The lowest BCUT2D eigenvalue weighted by atomic mass is 9.79. The SMILES string of the molecule is C=C(/C=C1/OCO/C1=C/C)[C@@H]1N2C(=O)[C@]3(C)SS[C@@]2(C[C@]1(C)C#N)C(=O)N3C. The summed E-state index contributed by atoms with van der Waals surface area (Å²) >= 11 is 0. The topological polar surface area (TPSA) is 82.9 Å². The maximum atomic E-state index is 13.5. The van der Waals surface area contributed by atoms with E-state index in [-0.39, 0.29) is 25.0 Å². The van der Waals surface area contributed by atoms with Gasteiger partial charge < -0.3 is 19.3 Å². The summed E-state index contributed by atoms with van der Waals surface area (Å²) in [6.45, 7) is 9.64. The molecule has 0 radical (unpaired) electrons. The van der Waals surface area contributed by atoms with Gasteiger partial charge in [-0.3, -0.25) is 9.59 Å². The van der Waals surface area contributed by atoms with Crippen molar-refractivity contribution in [2.24, 2.45) is 5.41 Å². The van der Waals surface area contributed by atoms with Gasteiger partial charge in [-0.05, 0) is 38.5 Å². The summed E-state index contributed by atoms with van der Waals surface area (Å²) < 4.78 is 10.9. The number of likely N-dealkylation sites (N-methyl/N-ethyl adjacent to an activating group) is 1. The van der Waals surface area contributed by atoms with Crippen LogP contribution in [-0.2, 0) is 19.1 Å². The molecule has 148 valence electrons. The third-order valence-corrected chi connectivity index (χ3v) is 9.65. The Morgan fingerprint density at radius 3 is 2.61 bits per heavy atom. The predicted molar refractivity (Wildman–Crippen MR) is 106 cm³/mol. The molecule has 0 aliphatic carbocycles. The van der Waals surface area contributed by atoms with Crippen molar-refractivity contribution in [2.75, 3.05) is 13.8 Å². The number of hydrogen-bond donors (Lipinski definition) is 0. The first-order chi connectivity index (χ1) is 13.1. The van der Waals surface area contributed by atoms with Crippen LogP contribution in [-0.4, -0.2) is 51.2 Å². The van der Waals surface area contributed by atoms with Gasteiger partial charge in [-0.2, -0.15) is 5.26 Å². The van der Waals surface area contributed by atoms with Gasteiger partial charge in [-0.15, -0.1) is 0 Å². The van der Waals surface area contributed by atoms with Crippen molar-refractivity contribution in [2.45, 2.75) is 43.0 Å². The lowest BCUT2D eigenvalue weighted by Crippen LogP contribution is -2.74. The molecule has 7 nitrogen and oxygen atoms in total. The molecule has 0 saturated carbocycles. The highest BCUT2D eigenvalue weighted by molar-refractivity contribution is 8.78. The van der Waals surface area contributed by atoms with E-state index in [2.05, 4.69) is 12.6 Å². The van der Waals surface area contributed by atoms with Crippen LogP contribution in [0.5, 0.6) is 0 Å². The van der Waals surface area contributed by atoms with Gasteiger partial charge in [0.1, 0.15) is 0 Å². The summed E-state index contributed by atoms with van der Waals surface area (Å²) in [5, 5.41) is 10.0. The molecule has 0 aromatic heterocycles. The molecule has 0 aromatic rings. The lowest BCUT2D eigenvalue weighted by Gasteiger charge is -2.57. The molecule has 0 unspecified atom stereocenters. The number of ether oxygens (including phenoxy) is 2. The molecule has 28 heavy (non-hydrogen) atoms. The second-order valence-corrected chi connectivity index (χ2v) is 10.5. The molecule has 9 heteroatoms. The van der Waals surface area contributed by atoms with Crippen LogP contribution in [0.25, 0.3) is 0 Å². The van der Waals surface area contributed by atoms with Crippen LogP contribution in [0.1, 0.15) is 27.2 Å². The predicted octanol–water partition coefficient (Wildman–Crippen LogP) is 2.74. The first kappa shape index (κ1) is 19.3. The number of piperazine rings is 1. The van der Waals surface area contributed by atoms with E-state index in [0.717, 1.165) is 0 Å². The van der Waals surface area contributed by atoms with Crippen LogP contribution in [0.15, 0.2) is 35.8 Å². The Bertz CT molecular complexity index is 909.